The van der Waals surface area contributed by atoms with Crippen LogP contribution in [0.3, 0.4) is 0 Å². The van der Waals surface area contributed by atoms with Gasteiger partial charge in [-0.2, -0.15) is 9.78 Å². The molecule has 0 unspecified atom stereocenters. The van der Waals surface area contributed by atoms with E-state index in [-0.39, 0.29) is 19.7 Å². The van der Waals surface area contributed by atoms with Crippen molar-refractivity contribution in [3.63, 3.8) is 0 Å². The molecule has 10 nitrogen and oxygen atoms in total. The van der Waals surface area contributed by atoms with Crippen molar-refractivity contribution < 1.29 is 28.9 Å². The van der Waals surface area contributed by atoms with E-state index >= 15 is 0 Å². The summed E-state index contributed by atoms with van der Waals surface area (Å²) in [6.07, 6.45) is -2.22. The van der Waals surface area contributed by atoms with E-state index in [2.05, 4.69) is 5.10 Å². The van der Waals surface area contributed by atoms with Crippen LogP contribution in [0.15, 0.2) is 36.4 Å². The number of hydrogen-bond donors (Lipinski definition) is 2. The summed E-state index contributed by atoms with van der Waals surface area (Å²) < 4.78 is 18.2. The molecule has 2 aromatic carbocycles. The van der Waals surface area contributed by atoms with Crippen molar-refractivity contribution in [2.75, 3.05) is 25.4 Å². The third-order valence-corrected chi connectivity index (χ3v) is 5.83. The number of benzene rings is 2. The highest BCUT2D eigenvalue weighted by molar-refractivity contribution is 6.33. The number of nitrogens with two attached hydrogens (primary N) is 1. The van der Waals surface area contributed by atoms with Crippen LogP contribution >= 0.6 is 11.6 Å². The van der Waals surface area contributed by atoms with Gasteiger partial charge in [-0.25, -0.2) is 9.59 Å². The van der Waals surface area contributed by atoms with Crippen LogP contribution in [0, 0.1) is 6.92 Å². The van der Waals surface area contributed by atoms with Gasteiger partial charge >= 0.3 is 12.2 Å². The van der Waals surface area contributed by atoms with E-state index in [9.17, 15) is 14.7 Å². The van der Waals surface area contributed by atoms with Gasteiger partial charge in [0.1, 0.15) is 23.6 Å². The van der Waals surface area contributed by atoms with Gasteiger partial charge in [0.2, 0.25) is 0 Å². The summed E-state index contributed by atoms with van der Waals surface area (Å²) in [7, 11) is 0. The molecule has 1 atom stereocenters. The predicted molar refractivity (Wildman–Crippen MR) is 150 cm³/mol. The molecule has 1 aromatic heterocycles. The maximum absolute atomic E-state index is 12.9. The normalized spacial score (nSPS) is 12.7. The number of fused-ring (bicyclic) bond motifs is 1. The Hall–Kier alpha value is -3.50. The number of ether oxygens (including phenoxy) is 3. The fraction of sp³-hybridized carbons (Fsp3) is 0.464. The van der Waals surface area contributed by atoms with Crippen LogP contribution in [0.1, 0.15) is 58.9 Å². The second kappa shape index (κ2) is 11.7. The van der Waals surface area contributed by atoms with Crippen LogP contribution in [0.2, 0.25) is 5.02 Å². The van der Waals surface area contributed by atoms with Gasteiger partial charge in [0.25, 0.3) is 0 Å². The van der Waals surface area contributed by atoms with Gasteiger partial charge in [-0.05, 0) is 78.3 Å². The minimum Gasteiger partial charge on any atom is -0.492 e. The first-order valence-electron chi connectivity index (χ1n) is 12.6. The van der Waals surface area contributed by atoms with Crippen molar-refractivity contribution in [1.82, 2.24) is 14.7 Å². The summed E-state index contributed by atoms with van der Waals surface area (Å²) in [6.45, 7) is 12.6. The topological polar surface area (TPSA) is 129 Å². The zero-order valence-electron chi connectivity index (χ0n) is 23.4. The van der Waals surface area contributed by atoms with Crippen molar-refractivity contribution >= 4 is 40.4 Å². The zero-order chi connectivity index (χ0) is 29.1. The molecule has 0 saturated carbocycles. The average Bonchev–Trinajstić information content (AvgIpc) is 3.14. The number of carbonyl (C=O) groups is 2. The monoisotopic (exact) mass is 560 g/mol. The molecule has 212 valence electrons. The number of aryl methyl sites for hydroxylation is 1. The van der Waals surface area contributed by atoms with E-state index in [0.29, 0.717) is 33.2 Å². The van der Waals surface area contributed by atoms with E-state index in [1.165, 1.54) is 9.58 Å². The molecule has 0 fully saturated rings. The van der Waals surface area contributed by atoms with E-state index in [1.807, 2.05) is 13.0 Å². The van der Waals surface area contributed by atoms with Gasteiger partial charge in [-0.15, -0.1) is 0 Å². The van der Waals surface area contributed by atoms with Crippen molar-refractivity contribution in [3.05, 3.63) is 52.7 Å². The lowest BCUT2D eigenvalue weighted by Gasteiger charge is -2.29. The summed E-state index contributed by atoms with van der Waals surface area (Å²) in [4.78, 5) is 27.0. The molecule has 0 saturated heterocycles. The number of nitrogens with zero attached hydrogens (tertiary/aromatic N) is 3. The standard InChI is InChI=1S/C28H37ClN4O6/c1-17-20-10-9-19(15-23(20)33(31-17)26(36)39-28(5,6)7)37-13-12-32(25(35)38-27(2,3)4)16-24(34)18-8-11-21(29)22(30)14-18/h8-11,14-15,24,34H,12-13,16,30H2,1-7H3/t24-/m0/s1. The van der Waals surface area contributed by atoms with Crippen LogP contribution in [-0.2, 0) is 9.47 Å². The van der Waals surface area contributed by atoms with Crippen LogP contribution in [0.25, 0.3) is 10.9 Å². The first-order valence-corrected chi connectivity index (χ1v) is 13.0. The molecule has 0 radical (unpaired) electrons. The Labute approximate surface area is 233 Å². The van der Waals surface area contributed by atoms with Gasteiger partial charge in [-0.3, -0.25) is 0 Å². The molecule has 0 spiro atoms. The first kappa shape index (κ1) is 30.0. The Morgan fingerprint density at radius 3 is 2.36 bits per heavy atom. The first-order chi connectivity index (χ1) is 18.0. The number of carbonyl (C=O) groups excluding carboxylic acids is 2. The maximum Gasteiger partial charge on any atom is 0.435 e. The number of hydrogen-bond acceptors (Lipinski definition) is 8. The van der Waals surface area contributed by atoms with Crippen molar-refractivity contribution in [1.29, 1.82) is 0 Å². The lowest BCUT2D eigenvalue weighted by Crippen LogP contribution is -2.41. The van der Waals surface area contributed by atoms with Gasteiger partial charge < -0.3 is 30.0 Å². The molecular weight excluding hydrogens is 524 g/mol. The Morgan fingerprint density at radius 2 is 1.74 bits per heavy atom. The summed E-state index contributed by atoms with van der Waals surface area (Å²) in [5, 5.41) is 16.3. The van der Waals surface area contributed by atoms with Crippen molar-refractivity contribution in [2.45, 2.75) is 65.8 Å². The van der Waals surface area contributed by atoms with Gasteiger partial charge in [-0.1, -0.05) is 17.7 Å². The SMILES string of the molecule is Cc1nn(C(=O)OC(C)(C)C)c2cc(OCCN(C[C@H](O)c3ccc(Cl)c(N)c3)C(=O)OC(C)(C)C)ccc12. The van der Waals surface area contributed by atoms with Crippen LogP contribution in [-0.4, -0.2) is 62.9 Å². The van der Waals surface area contributed by atoms with E-state index in [1.54, 1.807) is 71.9 Å². The average molecular weight is 561 g/mol. The fourth-order valence-electron chi connectivity index (χ4n) is 3.73. The van der Waals surface area contributed by atoms with E-state index in [4.69, 9.17) is 31.5 Å². The second-order valence-corrected chi connectivity index (χ2v) is 11.6. The molecular formula is C28H37ClN4O6. The van der Waals surface area contributed by atoms with Crippen LogP contribution in [0.5, 0.6) is 5.75 Å². The highest BCUT2D eigenvalue weighted by Gasteiger charge is 2.25. The van der Waals surface area contributed by atoms with Gasteiger partial charge in [0.05, 0.1) is 41.1 Å². The van der Waals surface area contributed by atoms with Gasteiger partial charge in [0, 0.05) is 11.5 Å². The minimum atomic E-state index is -1.03. The molecule has 3 rings (SSSR count). The molecule has 0 aliphatic heterocycles. The third kappa shape index (κ3) is 8.24. The Balaban J connectivity index is 1.76. The number of amides is 1. The number of halogens is 1. The summed E-state index contributed by atoms with van der Waals surface area (Å²) in [5.74, 6) is 0.474. The lowest BCUT2D eigenvalue weighted by molar-refractivity contribution is 0.0117. The summed E-state index contributed by atoms with van der Waals surface area (Å²) >= 11 is 6.00. The van der Waals surface area contributed by atoms with Crippen molar-refractivity contribution in [2.24, 2.45) is 0 Å². The molecule has 39 heavy (non-hydrogen) atoms. The highest BCUT2D eigenvalue weighted by Crippen LogP contribution is 2.26. The Morgan fingerprint density at radius 1 is 1.08 bits per heavy atom. The number of nitrogen functional groups attached to an aromatic ring is 1. The molecule has 0 aliphatic rings. The quantitative estimate of drug-likeness (QED) is 0.351. The smallest absolute Gasteiger partial charge is 0.435 e. The number of aromatic nitrogens is 2. The van der Waals surface area contributed by atoms with E-state index < -0.39 is 29.5 Å². The van der Waals surface area contributed by atoms with Crippen molar-refractivity contribution in [3.8, 4) is 5.75 Å². The number of rotatable bonds is 7. The molecule has 3 N–H and O–H groups in total. The predicted octanol–water partition coefficient (Wildman–Crippen LogP) is 5.71. The van der Waals surface area contributed by atoms with E-state index in [0.717, 1.165) is 5.39 Å². The number of anilines is 1. The summed E-state index contributed by atoms with van der Waals surface area (Å²) in [6, 6.07) is 10.1. The lowest BCUT2D eigenvalue weighted by atomic mass is 10.1. The molecule has 0 aliphatic carbocycles. The minimum absolute atomic E-state index is 0.0526. The fourth-order valence-corrected chi connectivity index (χ4v) is 3.84. The zero-order valence-corrected chi connectivity index (χ0v) is 24.2. The van der Waals surface area contributed by atoms with Crippen LogP contribution < -0.4 is 10.5 Å². The second-order valence-electron chi connectivity index (χ2n) is 11.2. The maximum atomic E-state index is 12.9. The largest absolute Gasteiger partial charge is 0.492 e. The number of aliphatic hydroxyl groups excluding tert-OH is 1. The number of aliphatic hydroxyl groups is 1. The third-order valence-electron chi connectivity index (χ3n) is 5.48. The highest BCUT2D eigenvalue weighted by atomic mass is 35.5. The summed E-state index contributed by atoms with van der Waals surface area (Å²) in [5.41, 5.74) is 6.53. The van der Waals surface area contributed by atoms with Crippen LogP contribution in [0.4, 0.5) is 15.3 Å². The Bertz CT molecular complexity index is 1340. The molecule has 11 heteroatoms. The Kier molecular flexibility index (Phi) is 9.02. The van der Waals surface area contributed by atoms with Gasteiger partial charge in [0.15, 0.2) is 0 Å². The molecule has 1 amide bonds. The molecule has 0 bridgehead atoms. The molecule has 3 aromatic rings. The molecule has 1 heterocycles.